The summed E-state index contributed by atoms with van der Waals surface area (Å²) in [5.41, 5.74) is 5.99. The van der Waals surface area contributed by atoms with Crippen molar-refractivity contribution in [2.75, 3.05) is 68.3 Å². The summed E-state index contributed by atoms with van der Waals surface area (Å²) in [5.74, 6) is 5.59. The van der Waals surface area contributed by atoms with Crippen molar-refractivity contribution in [3.63, 3.8) is 0 Å². The first kappa shape index (κ1) is 44.7. The van der Waals surface area contributed by atoms with Gasteiger partial charge in [0, 0.05) is 60.6 Å². The van der Waals surface area contributed by atoms with E-state index < -0.39 is 0 Å². The van der Waals surface area contributed by atoms with Gasteiger partial charge in [0.05, 0.1) is 70.2 Å². The fourth-order valence-electron chi connectivity index (χ4n) is 7.16. The van der Waals surface area contributed by atoms with Crippen molar-refractivity contribution < 1.29 is 38.3 Å². The average Bonchev–Trinajstić information content (AvgIpc) is 3.63. The molecule has 0 fully saturated rings. The van der Waals surface area contributed by atoms with Gasteiger partial charge in [-0.2, -0.15) is 0 Å². The first-order valence-corrected chi connectivity index (χ1v) is 20.8. The molecule has 0 spiro atoms. The first-order valence-electron chi connectivity index (χ1n) is 20.0. The van der Waals surface area contributed by atoms with E-state index in [4.69, 9.17) is 43.1 Å². The highest BCUT2D eigenvalue weighted by molar-refractivity contribution is 7.99. The van der Waals surface area contributed by atoms with Gasteiger partial charge in [-0.05, 0) is 89.0 Å². The molecule has 0 bridgehead atoms. The molecule has 0 saturated heterocycles. The van der Waals surface area contributed by atoms with Crippen molar-refractivity contribution in [1.82, 2.24) is 19.4 Å². The van der Waals surface area contributed by atoms with Crippen LogP contribution in [0.4, 0.5) is 5.82 Å². The van der Waals surface area contributed by atoms with Crippen LogP contribution in [0.15, 0.2) is 82.6 Å². The SMILES string of the molecule is CCOCc1nc2c(N(Cc3ccc(OC)cc3OC)Cc3ccc(OC)cc3OC)nc(C)c(Sc3ccc(C(C)N(C)C)cc3O)c2n1Cc1ccc(OC)cc1OC. The molecule has 1 N–H and O–H groups in total. The Hall–Kier alpha value is -5.83. The van der Waals surface area contributed by atoms with Crippen LogP contribution in [0.3, 0.4) is 0 Å². The zero-order valence-corrected chi connectivity index (χ0v) is 37.8. The maximum atomic E-state index is 11.6. The van der Waals surface area contributed by atoms with Crippen LogP contribution in [0.2, 0.25) is 0 Å². The van der Waals surface area contributed by atoms with E-state index in [0.29, 0.717) is 82.8 Å². The number of phenolic OH excluding ortho intramolecular Hbond substituents is 1. The predicted molar refractivity (Wildman–Crippen MR) is 240 cm³/mol. The van der Waals surface area contributed by atoms with Gasteiger partial charge in [-0.15, -0.1) is 0 Å². The topological polar surface area (TPSA) is 122 Å². The van der Waals surface area contributed by atoms with Gasteiger partial charge in [0.25, 0.3) is 0 Å². The van der Waals surface area contributed by atoms with E-state index in [1.165, 1.54) is 11.8 Å². The lowest BCUT2D eigenvalue weighted by Gasteiger charge is -2.27. The minimum absolute atomic E-state index is 0.112. The highest BCUT2D eigenvalue weighted by Gasteiger charge is 2.28. The summed E-state index contributed by atoms with van der Waals surface area (Å²) >= 11 is 1.46. The largest absolute Gasteiger partial charge is 0.507 e. The third-order valence-corrected chi connectivity index (χ3v) is 12.1. The Kier molecular flexibility index (Phi) is 14.8. The highest BCUT2D eigenvalue weighted by atomic mass is 32.2. The summed E-state index contributed by atoms with van der Waals surface area (Å²) < 4.78 is 42.7. The molecule has 0 aliphatic rings. The third-order valence-electron chi connectivity index (χ3n) is 10.8. The number of aromatic hydroxyl groups is 1. The van der Waals surface area contributed by atoms with Crippen LogP contribution in [0, 0.1) is 6.92 Å². The van der Waals surface area contributed by atoms with Crippen LogP contribution in [0.5, 0.6) is 40.2 Å². The van der Waals surface area contributed by atoms with Crippen LogP contribution in [-0.4, -0.2) is 87.9 Å². The Labute approximate surface area is 363 Å². The monoisotopic (exact) mass is 851 g/mol. The first-order chi connectivity index (χ1) is 29.5. The molecule has 6 aromatic rings. The number of aryl methyl sites for hydroxylation is 1. The molecule has 1 atom stereocenters. The second-order valence-corrected chi connectivity index (χ2v) is 15.7. The summed E-state index contributed by atoms with van der Waals surface area (Å²) in [4.78, 5) is 16.6. The minimum atomic E-state index is 0.112. The quantitative estimate of drug-likeness (QED) is 0.0787. The van der Waals surface area contributed by atoms with E-state index in [0.717, 1.165) is 38.4 Å². The molecule has 61 heavy (non-hydrogen) atoms. The summed E-state index contributed by atoms with van der Waals surface area (Å²) in [6.07, 6.45) is 0. The molecule has 4 aromatic carbocycles. The number of hydrogen-bond acceptors (Lipinski definition) is 13. The second-order valence-electron chi connectivity index (χ2n) is 14.7. The standard InChI is InChI=1S/C47H57N5O8S/c1-12-60-28-43-49-44-45(52(43)27-34-15-19-37(56-8)24-41(34)59-11)46(61-42-20-16-31(21-38(42)53)30(3)50(4)5)29(2)48-47(44)51(25-32-13-17-35(54-6)22-39(32)57-9)26-33-14-18-36(55-7)23-40(33)58-10/h13-24,30,53H,12,25-28H2,1-11H3. The Morgan fingerprint density at radius 1 is 0.705 bits per heavy atom. The zero-order chi connectivity index (χ0) is 43.8. The number of methoxy groups -OCH3 is 6. The van der Waals surface area contributed by atoms with Crippen LogP contribution < -0.4 is 33.3 Å². The maximum absolute atomic E-state index is 11.6. The van der Waals surface area contributed by atoms with Crippen molar-refractivity contribution in [3.05, 3.63) is 107 Å². The summed E-state index contributed by atoms with van der Waals surface area (Å²) in [7, 11) is 13.9. The maximum Gasteiger partial charge on any atom is 0.157 e. The van der Waals surface area contributed by atoms with E-state index in [-0.39, 0.29) is 18.4 Å². The van der Waals surface area contributed by atoms with Gasteiger partial charge in [0.15, 0.2) is 5.82 Å². The molecular weight excluding hydrogens is 795 g/mol. The summed E-state index contributed by atoms with van der Waals surface area (Å²) in [6.45, 7) is 7.99. The zero-order valence-electron chi connectivity index (χ0n) is 37.0. The van der Waals surface area contributed by atoms with Gasteiger partial charge in [0.2, 0.25) is 0 Å². The Morgan fingerprint density at radius 3 is 1.74 bits per heavy atom. The number of rotatable bonds is 20. The van der Waals surface area contributed by atoms with E-state index in [1.54, 1.807) is 42.7 Å². The minimum Gasteiger partial charge on any atom is -0.507 e. The number of benzene rings is 4. The fraction of sp³-hybridized carbons (Fsp3) is 0.362. The van der Waals surface area contributed by atoms with Crippen molar-refractivity contribution in [2.24, 2.45) is 0 Å². The van der Waals surface area contributed by atoms with E-state index >= 15 is 0 Å². The van der Waals surface area contributed by atoms with Gasteiger partial charge < -0.3 is 52.6 Å². The van der Waals surface area contributed by atoms with Crippen LogP contribution >= 0.6 is 11.8 Å². The van der Waals surface area contributed by atoms with E-state index in [1.807, 2.05) is 94.7 Å². The van der Waals surface area contributed by atoms with Gasteiger partial charge in [-0.1, -0.05) is 17.8 Å². The average molecular weight is 852 g/mol. The molecule has 2 heterocycles. The van der Waals surface area contributed by atoms with E-state index in [9.17, 15) is 5.11 Å². The molecule has 0 aliphatic heterocycles. The molecule has 13 nitrogen and oxygen atoms in total. The van der Waals surface area contributed by atoms with Crippen molar-refractivity contribution >= 4 is 28.6 Å². The number of fused-ring (bicyclic) bond motifs is 1. The van der Waals surface area contributed by atoms with Crippen LogP contribution in [0.1, 0.15) is 53.7 Å². The van der Waals surface area contributed by atoms with E-state index in [2.05, 4.69) is 27.4 Å². The van der Waals surface area contributed by atoms with Gasteiger partial charge in [0.1, 0.15) is 58.2 Å². The van der Waals surface area contributed by atoms with Crippen LogP contribution in [-0.2, 0) is 31.0 Å². The van der Waals surface area contributed by atoms with Crippen molar-refractivity contribution in [2.45, 2.75) is 62.8 Å². The van der Waals surface area contributed by atoms with Gasteiger partial charge in [-0.3, -0.25) is 0 Å². The number of phenols is 1. The van der Waals surface area contributed by atoms with Crippen molar-refractivity contribution in [3.8, 4) is 40.2 Å². The highest BCUT2D eigenvalue weighted by Crippen LogP contribution is 2.44. The molecule has 0 aliphatic carbocycles. The van der Waals surface area contributed by atoms with Gasteiger partial charge >= 0.3 is 0 Å². The second kappa shape index (κ2) is 20.2. The molecule has 2 aromatic heterocycles. The Morgan fingerprint density at radius 2 is 1.25 bits per heavy atom. The molecule has 0 saturated carbocycles. The normalized spacial score (nSPS) is 11.8. The lowest BCUT2D eigenvalue weighted by molar-refractivity contribution is 0.126. The molecular formula is C47H57N5O8S. The van der Waals surface area contributed by atoms with Gasteiger partial charge in [-0.25, -0.2) is 9.97 Å². The number of nitrogens with zero attached hydrogens (tertiary/aromatic N) is 5. The Bertz CT molecular complexity index is 2400. The molecule has 14 heteroatoms. The van der Waals surface area contributed by atoms with Crippen LogP contribution in [0.25, 0.3) is 11.0 Å². The number of imidazole rings is 1. The number of pyridine rings is 1. The number of ether oxygens (including phenoxy) is 7. The fourth-order valence-corrected chi connectivity index (χ4v) is 8.18. The molecule has 1 unspecified atom stereocenters. The smallest absolute Gasteiger partial charge is 0.157 e. The molecule has 0 radical (unpaired) electrons. The molecule has 6 rings (SSSR count). The number of hydrogen-bond donors (Lipinski definition) is 1. The summed E-state index contributed by atoms with van der Waals surface area (Å²) in [5, 5.41) is 11.6. The lowest BCUT2D eigenvalue weighted by Crippen LogP contribution is -2.25. The predicted octanol–water partition coefficient (Wildman–Crippen LogP) is 9.06. The number of anilines is 1. The molecule has 0 amide bonds. The summed E-state index contributed by atoms with van der Waals surface area (Å²) in [6, 6.07) is 23.4. The Balaban J connectivity index is 1.63. The molecule has 324 valence electrons. The third kappa shape index (κ3) is 9.88. The van der Waals surface area contributed by atoms with Crippen molar-refractivity contribution in [1.29, 1.82) is 0 Å². The number of aromatic nitrogens is 3. The lowest BCUT2D eigenvalue weighted by atomic mass is 10.1.